The predicted molar refractivity (Wildman–Crippen MR) is 60.5 cm³/mol. The Morgan fingerprint density at radius 3 is 2.33 bits per heavy atom. The second-order valence-corrected chi connectivity index (χ2v) is 5.24. The van der Waals surface area contributed by atoms with Crippen molar-refractivity contribution in [3.63, 3.8) is 0 Å². The average Bonchev–Trinajstić information content (AvgIpc) is 2.66. The molecule has 1 atom stereocenters. The first-order valence-electron chi connectivity index (χ1n) is 5.96. The SMILES string of the molecule is CC(C)CC(CN)(C(=O)O)C1CCCC1. The number of carbonyl (C=O) groups is 1. The summed E-state index contributed by atoms with van der Waals surface area (Å²) in [5, 5.41) is 9.45. The van der Waals surface area contributed by atoms with E-state index in [1.54, 1.807) is 0 Å². The maximum absolute atomic E-state index is 11.5. The number of nitrogens with two attached hydrogens (primary N) is 1. The van der Waals surface area contributed by atoms with E-state index in [0.717, 1.165) is 25.7 Å². The van der Waals surface area contributed by atoms with Crippen LogP contribution in [-0.4, -0.2) is 17.6 Å². The van der Waals surface area contributed by atoms with Gasteiger partial charge in [0.1, 0.15) is 0 Å². The number of rotatable bonds is 5. The zero-order chi connectivity index (χ0) is 11.5. The lowest BCUT2D eigenvalue weighted by atomic mass is 9.69. The molecule has 0 aromatic carbocycles. The Bertz CT molecular complexity index is 222. The van der Waals surface area contributed by atoms with Gasteiger partial charge in [0, 0.05) is 6.54 Å². The van der Waals surface area contributed by atoms with Crippen molar-refractivity contribution in [3.8, 4) is 0 Å². The van der Waals surface area contributed by atoms with E-state index in [1.165, 1.54) is 0 Å². The molecule has 1 fully saturated rings. The van der Waals surface area contributed by atoms with Gasteiger partial charge in [-0.2, -0.15) is 0 Å². The van der Waals surface area contributed by atoms with Crippen LogP contribution in [0.2, 0.25) is 0 Å². The third kappa shape index (κ3) is 2.51. The van der Waals surface area contributed by atoms with Crippen LogP contribution in [-0.2, 0) is 4.79 Å². The summed E-state index contributed by atoms with van der Waals surface area (Å²) in [7, 11) is 0. The van der Waals surface area contributed by atoms with Crippen LogP contribution in [0.4, 0.5) is 0 Å². The van der Waals surface area contributed by atoms with E-state index in [-0.39, 0.29) is 6.54 Å². The minimum absolute atomic E-state index is 0.283. The summed E-state index contributed by atoms with van der Waals surface area (Å²) in [6.45, 7) is 4.43. The first-order chi connectivity index (χ1) is 7.03. The fraction of sp³-hybridized carbons (Fsp3) is 0.917. The van der Waals surface area contributed by atoms with Crippen molar-refractivity contribution in [3.05, 3.63) is 0 Å². The summed E-state index contributed by atoms with van der Waals surface area (Å²) >= 11 is 0. The predicted octanol–water partition coefficient (Wildman–Crippen LogP) is 2.25. The van der Waals surface area contributed by atoms with Gasteiger partial charge < -0.3 is 10.8 Å². The molecule has 3 nitrogen and oxygen atoms in total. The molecule has 88 valence electrons. The average molecular weight is 213 g/mol. The molecule has 3 heteroatoms. The Morgan fingerprint density at radius 1 is 1.47 bits per heavy atom. The first-order valence-corrected chi connectivity index (χ1v) is 5.96. The van der Waals surface area contributed by atoms with Crippen LogP contribution in [0.1, 0.15) is 46.0 Å². The molecular formula is C12H23NO2. The van der Waals surface area contributed by atoms with Crippen molar-refractivity contribution in [2.75, 3.05) is 6.54 Å². The summed E-state index contributed by atoms with van der Waals surface area (Å²) < 4.78 is 0. The molecule has 0 aliphatic heterocycles. The molecule has 0 spiro atoms. The number of carboxylic acid groups (broad SMARTS) is 1. The maximum Gasteiger partial charge on any atom is 0.311 e. The minimum Gasteiger partial charge on any atom is -0.481 e. The summed E-state index contributed by atoms with van der Waals surface area (Å²) in [6, 6.07) is 0. The van der Waals surface area contributed by atoms with Gasteiger partial charge >= 0.3 is 5.97 Å². The van der Waals surface area contributed by atoms with Gasteiger partial charge in [0.25, 0.3) is 0 Å². The van der Waals surface area contributed by atoms with Crippen molar-refractivity contribution in [1.82, 2.24) is 0 Å². The third-order valence-electron chi connectivity index (χ3n) is 3.70. The number of hydrogen-bond acceptors (Lipinski definition) is 2. The number of carboxylic acids is 1. The van der Waals surface area contributed by atoms with Crippen LogP contribution in [0.3, 0.4) is 0 Å². The van der Waals surface area contributed by atoms with Crippen LogP contribution in [0.25, 0.3) is 0 Å². The molecule has 0 aromatic heterocycles. The summed E-state index contributed by atoms with van der Waals surface area (Å²) in [5.41, 5.74) is 5.09. The lowest BCUT2D eigenvalue weighted by molar-refractivity contribution is -0.153. The fourth-order valence-electron chi connectivity index (χ4n) is 2.97. The molecule has 3 N–H and O–H groups in total. The van der Waals surface area contributed by atoms with Crippen LogP contribution >= 0.6 is 0 Å². The second-order valence-electron chi connectivity index (χ2n) is 5.24. The molecule has 1 saturated carbocycles. The fourth-order valence-corrected chi connectivity index (χ4v) is 2.97. The minimum atomic E-state index is -0.689. The highest BCUT2D eigenvalue weighted by atomic mass is 16.4. The van der Waals surface area contributed by atoms with Crippen molar-refractivity contribution in [2.45, 2.75) is 46.0 Å². The van der Waals surface area contributed by atoms with E-state index in [4.69, 9.17) is 5.73 Å². The molecule has 1 rings (SSSR count). The highest BCUT2D eigenvalue weighted by Crippen LogP contribution is 2.43. The Labute approximate surface area is 92.0 Å². The Kier molecular flexibility index (Phi) is 4.14. The molecule has 15 heavy (non-hydrogen) atoms. The molecule has 0 bridgehead atoms. The zero-order valence-corrected chi connectivity index (χ0v) is 9.83. The van der Waals surface area contributed by atoms with Gasteiger partial charge in [0.05, 0.1) is 5.41 Å². The van der Waals surface area contributed by atoms with Gasteiger partial charge in [-0.15, -0.1) is 0 Å². The van der Waals surface area contributed by atoms with E-state index in [0.29, 0.717) is 18.3 Å². The van der Waals surface area contributed by atoms with Crippen LogP contribution in [0, 0.1) is 17.3 Å². The lowest BCUT2D eigenvalue weighted by Gasteiger charge is -2.35. The van der Waals surface area contributed by atoms with E-state index in [2.05, 4.69) is 13.8 Å². The molecule has 0 heterocycles. The quantitative estimate of drug-likeness (QED) is 0.736. The molecule has 0 radical (unpaired) electrons. The van der Waals surface area contributed by atoms with Crippen LogP contribution < -0.4 is 5.73 Å². The van der Waals surface area contributed by atoms with Gasteiger partial charge in [-0.05, 0) is 31.1 Å². The zero-order valence-electron chi connectivity index (χ0n) is 9.83. The van der Waals surface area contributed by atoms with Gasteiger partial charge in [0.2, 0.25) is 0 Å². The standard InChI is InChI=1S/C12H23NO2/c1-9(2)7-12(8-13,11(14)15)10-5-3-4-6-10/h9-10H,3-8,13H2,1-2H3,(H,14,15). The van der Waals surface area contributed by atoms with Gasteiger partial charge in [-0.3, -0.25) is 4.79 Å². The van der Waals surface area contributed by atoms with Crippen molar-refractivity contribution in [2.24, 2.45) is 23.0 Å². The van der Waals surface area contributed by atoms with Crippen LogP contribution in [0.5, 0.6) is 0 Å². The maximum atomic E-state index is 11.5. The highest BCUT2D eigenvalue weighted by molar-refractivity contribution is 5.75. The second kappa shape index (κ2) is 4.97. The van der Waals surface area contributed by atoms with Crippen molar-refractivity contribution >= 4 is 5.97 Å². The largest absolute Gasteiger partial charge is 0.481 e. The summed E-state index contributed by atoms with van der Waals surface area (Å²) in [5.74, 6) is -0.00162. The number of hydrogen-bond donors (Lipinski definition) is 2. The molecule has 1 aliphatic carbocycles. The van der Waals surface area contributed by atoms with E-state index in [9.17, 15) is 9.90 Å². The number of aliphatic carboxylic acids is 1. The van der Waals surface area contributed by atoms with Crippen molar-refractivity contribution in [1.29, 1.82) is 0 Å². The first kappa shape index (κ1) is 12.5. The molecule has 0 amide bonds. The van der Waals surface area contributed by atoms with E-state index >= 15 is 0 Å². The summed E-state index contributed by atoms with van der Waals surface area (Å²) in [6.07, 6.45) is 5.12. The Hall–Kier alpha value is -0.570. The normalized spacial score (nSPS) is 21.9. The van der Waals surface area contributed by atoms with Crippen molar-refractivity contribution < 1.29 is 9.90 Å². The third-order valence-corrected chi connectivity index (χ3v) is 3.70. The highest BCUT2D eigenvalue weighted by Gasteiger charge is 2.45. The monoisotopic (exact) mass is 213 g/mol. The van der Waals surface area contributed by atoms with Gasteiger partial charge in [-0.1, -0.05) is 26.7 Å². The molecule has 1 unspecified atom stereocenters. The molecule has 0 aromatic rings. The topological polar surface area (TPSA) is 63.3 Å². The molecule has 1 aliphatic rings. The molecule has 0 saturated heterocycles. The van der Waals surface area contributed by atoms with Gasteiger partial charge in [0.15, 0.2) is 0 Å². The van der Waals surface area contributed by atoms with Gasteiger partial charge in [-0.25, -0.2) is 0 Å². The Balaban J connectivity index is 2.86. The van der Waals surface area contributed by atoms with E-state index < -0.39 is 11.4 Å². The van der Waals surface area contributed by atoms with E-state index in [1.807, 2.05) is 0 Å². The lowest BCUT2D eigenvalue weighted by Crippen LogP contribution is -2.45. The smallest absolute Gasteiger partial charge is 0.311 e. The molecular weight excluding hydrogens is 190 g/mol. The summed E-state index contributed by atoms with van der Waals surface area (Å²) in [4.78, 5) is 11.5. The van der Waals surface area contributed by atoms with Crippen LogP contribution in [0.15, 0.2) is 0 Å². The Morgan fingerprint density at radius 2 is 2.00 bits per heavy atom.